The Labute approximate surface area is 127 Å². The van der Waals surface area contributed by atoms with Gasteiger partial charge in [-0.15, -0.1) is 10.2 Å². The number of hydrogen-bond donors (Lipinski definition) is 0. The van der Waals surface area contributed by atoms with E-state index in [1.807, 2.05) is 12.1 Å². The molecule has 1 aromatic carbocycles. The van der Waals surface area contributed by atoms with Crippen molar-refractivity contribution in [1.29, 1.82) is 0 Å². The zero-order valence-electron chi connectivity index (χ0n) is 11.4. The second kappa shape index (κ2) is 6.24. The van der Waals surface area contributed by atoms with E-state index in [2.05, 4.69) is 15.1 Å². The van der Waals surface area contributed by atoms with E-state index in [1.54, 1.807) is 17.0 Å². The molecule has 1 amide bonds. The highest BCUT2D eigenvalue weighted by Gasteiger charge is 2.18. The molecule has 7 heteroatoms. The summed E-state index contributed by atoms with van der Waals surface area (Å²) in [5.74, 6) is 1.08. The summed E-state index contributed by atoms with van der Waals surface area (Å²) >= 11 is 5.85. The first kappa shape index (κ1) is 14.0. The van der Waals surface area contributed by atoms with Crippen LogP contribution < -0.4 is 0 Å². The number of piperazine rings is 1. The maximum Gasteiger partial charge on any atom is 0.247 e. The molecule has 3 rings (SSSR count). The number of carbonyl (C=O) groups is 1. The first-order chi connectivity index (χ1) is 10.2. The van der Waals surface area contributed by atoms with Gasteiger partial charge in [0.1, 0.15) is 0 Å². The third-order valence-corrected chi connectivity index (χ3v) is 3.72. The first-order valence-electron chi connectivity index (χ1n) is 6.74. The molecule has 0 radical (unpaired) electrons. The van der Waals surface area contributed by atoms with Crippen molar-refractivity contribution in [3.8, 4) is 11.5 Å². The monoisotopic (exact) mass is 306 g/mol. The van der Waals surface area contributed by atoms with Crippen LogP contribution in [0.3, 0.4) is 0 Å². The van der Waals surface area contributed by atoms with Crippen LogP contribution in [-0.2, 0) is 11.3 Å². The lowest BCUT2D eigenvalue weighted by atomic mass is 10.2. The number of hydrogen-bond acceptors (Lipinski definition) is 5. The van der Waals surface area contributed by atoms with Gasteiger partial charge in [0.05, 0.1) is 6.54 Å². The molecule has 2 aromatic rings. The minimum Gasteiger partial charge on any atom is -0.419 e. The summed E-state index contributed by atoms with van der Waals surface area (Å²) in [6, 6.07) is 7.28. The SMILES string of the molecule is O=CN1CCN(Cc2nnc(-c3ccc(Cl)cc3)o2)CC1. The summed E-state index contributed by atoms with van der Waals surface area (Å²) in [4.78, 5) is 14.6. The van der Waals surface area contributed by atoms with Crippen molar-refractivity contribution in [3.63, 3.8) is 0 Å². The Balaban J connectivity index is 1.63. The molecule has 0 spiro atoms. The number of nitrogens with zero attached hydrogens (tertiary/aromatic N) is 4. The molecule has 21 heavy (non-hydrogen) atoms. The van der Waals surface area contributed by atoms with Gasteiger partial charge in [-0.3, -0.25) is 9.69 Å². The van der Waals surface area contributed by atoms with E-state index in [0.717, 1.165) is 38.2 Å². The average Bonchev–Trinajstić information content (AvgIpc) is 2.97. The number of rotatable bonds is 4. The lowest BCUT2D eigenvalue weighted by Gasteiger charge is -2.31. The smallest absolute Gasteiger partial charge is 0.247 e. The number of carbonyl (C=O) groups excluding carboxylic acids is 1. The van der Waals surface area contributed by atoms with E-state index in [4.69, 9.17) is 16.0 Å². The maximum atomic E-state index is 10.7. The summed E-state index contributed by atoms with van der Waals surface area (Å²) in [5.41, 5.74) is 0.851. The van der Waals surface area contributed by atoms with E-state index >= 15 is 0 Å². The lowest BCUT2D eigenvalue weighted by molar-refractivity contribution is -0.119. The van der Waals surface area contributed by atoms with Gasteiger partial charge in [0.2, 0.25) is 18.2 Å². The van der Waals surface area contributed by atoms with Crippen molar-refractivity contribution in [2.45, 2.75) is 6.54 Å². The summed E-state index contributed by atoms with van der Waals surface area (Å²) in [6.45, 7) is 3.71. The van der Waals surface area contributed by atoms with Crippen LogP contribution in [0.1, 0.15) is 5.89 Å². The number of halogens is 1. The molecule has 0 N–H and O–H groups in total. The summed E-state index contributed by atoms with van der Waals surface area (Å²) < 4.78 is 5.68. The van der Waals surface area contributed by atoms with Crippen LogP contribution in [0.4, 0.5) is 0 Å². The quantitative estimate of drug-likeness (QED) is 0.804. The molecule has 6 nitrogen and oxygen atoms in total. The second-order valence-electron chi connectivity index (χ2n) is 4.93. The number of aromatic nitrogens is 2. The van der Waals surface area contributed by atoms with Gasteiger partial charge in [-0.05, 0) is 24.3 Å². The molecule has 0 aliphatic carbocycles. The topological polar surface area (TPSA) is 62.5 Å². The van der Waals surface area contributed by atoms with Gasteiger partial charge in [0.25, 0.3) is 0 Å². The predicted octanol–water partition coefficient (Wildman–Crippen LogP) is 1.66. The van der Waals surface area contributed by atoms with Gasteiger partial charge in [-0.2, -0.15) is 0 Å². The summed E-state index contributed by atoms with van der Waals surface area (Å²) in [6.07, 6.45) is 0.892. The van der Waals surface area contributed by atoms with E-state index in [-0.39, 0.29) is 0 Å². The van der Waals surface area contributed by atoms with Crippen LogP contribution in [-0.4, -0.2) is 52.6 Å². The molecule has 1 aliphatic rings. The van der Waals surface area contributed by atoms with Gasteiger partial charge in [-0.25, -0.2) is 0 Å². The second-order valence-corrected chi connectivity index (χ2v) is 5.36. The Morgan fingerprint density at radius 3 is 2.52 bits per heavy atom. The van der Waals surface area contributed by atoms with Crippen LogP contribution >= 0.6 is 11.6 Å². The Morgan fingerprint density at radius 2 is 1.86 bits per heavy atom. The molecule has 1 aromatic heterocycles. The highest BCUT2D eigenvalue weighted by atomic mass is 35.5. The van der Waals surface area contributed by atoms with Crippen LogP contribution in [0.2, 0.25) is 5.02 Å². The minimum atomic E-state index is 0.494. The van der Waals surface area contributed by atoms with Gasteiger partial charge >= 0.3 is 0 Å². The molecule has 0 atom stereocenters. The van der Waals surface area contributed by atoms with Crippen LogP contribution in [0, 0.1) is 0 Å². The largest absolute Gasteiger partial charge is 0.419 e. The first-order valence-corrected chi connectivity index (χ1v) is 7.12. The Morgan fingerprint density at radius 1 is 1.14 bits per heavy atom. The molecule has 110 valence electrons. The zero-order valence-corrected chi connectivity index (χ0v) is 12.2. The third kappa shape index (κ3) is 3.40. The Bertz CT molecular complexity index is 606. The van der Waals surface area contributed by atoms with E-state index < -0.39 is 0 Å². The summed E-state index contributed by atoms with van der Waals surface area (Å²) in [5, 5.41) is 8.81. The van der Waals surface area contributed by atoms with Crippen molar-refractivity contribution in [2.75, 3.05) is 26.2 Å². The fraction of sp³-hybridized carbons (Fsp3) is 0.357. The molecule has 1 fully saturated rings. The molecule has 0 bridgehead atoms. The van der Waals surface area contributed by atoms with Crippen molar-refractivity contribution >= 4 is 18.0 Å². The number of amides is 1. The molecular formula is C14H15ClN4O2. The van der Waals surface area contributed by atoms with Gasteiger partial charge in [0.15, 0.2) is 0 Å². The fourth-order valence-electron chi connectivity index (χ4n) is 2.24. The number of benzene rings is 1. The molecular weight excluding hydrogens is 292 g/mol. The van der Waals surface area contributed by atoms with Gasteiger partial charge in [-0.1, -0.05) is 11.6 Å². The third-order valence-electron chi connectivity index (χ3n) is 3.47. The standard InChI is InChI=1S/C14H15ClN4O2/c15-12-3-1-11(2-4-12)14-17-16-13(21-14)9-18-5-7-19(10-20)8-6-18/h1-4,10H,5-9H2. The van der Waals surface area contributed by atoms with Gasteiger partial charge < -0.3 is 9.32 Å². The highest BCUT2D eigenvalue weighted by molar-refractivity contribution is 6.30. The van der Waals surface area contributed by atoms with Crippen LogP contribution in [0.25, 0.3) is 11.5 Å². The van der Waals surface area contributed by atoms with E-state index in [1.165, 1.54) is 0 Å². The van der Waals surface area contributed by atoms with E-state index in [9.17, 15) is 4.79 Å². The maximum absolute atomic E-state index is 10.7. The minimum absolute atomic E-state index is 0.494. The van der Waals surface area contributed by atoms with E-state index in [0.29, 0.717) is 23.3 Å². The molecule has 0 unspecified atom stereocenters. The zero-order chi connectivity index (χ0) is 14.7. The fourth-order valence-corrected chi connectivity index (χ4v) is 2.37. The molecule has 0 saturated carbocycles. The predicted molar refractivity (Wildman–Crippen MR) is 77.7 cm³/mol. The molecule has 1 saturated heterocycles. The van der Waals surface area contributed by atoms with Crippen molar-refractivity contribution in [1.82, 2.24) is 20.0 Å². The molecule has 1 aliphatic heterocycles. The normalized spacial score (nSPS) is 16.1. The highest BCUT2D eigenvalue weighted by Crippen LogP contribution is 2.20. The van der Waals surface area contributed by atoms with Crippen molar-refractivity contribution < 1.29 is 9.21 Å². The lowest BCUT2D eigenvalue weighted by Crippen LogP contribution is -2.45. The van der Waals surface area contributed by atoms with Crippen LogP contribution in [0.5, 0.6) is 0 Å². The van der Waals surface area contributed by atoms with Gasteiger partial charge in [0, 0.05) is 36.8 Å². The average molecular weight is 307 g/mol. The van der Waals surface area contributed by atoms with Crippen molar-refractivity contribution in [3.05, 3.63) is 35.2 Å². The Kier molecular flexibility index (Phi) is 4.17. The molecule has 2 heterocycles. The Hall–Kier alpha value is -1.92. The summed E-state index contributed by atoms with van der Waals surface area (Å²) in [7, 11) is 0. The van der Waals surface area contributed by atoms with Crippen LogP contribution in [0.15, 0.2) is 28.7 Å². The van der Waals surface area contributed by atoms with Crippen molar-refractivity contribution in [2.24, 2.45) is 0 Å².